The maximum Gasteiger partial charge on any atom is 0.242 e. The van der Waals surface area contributed by atoms with Gasteiger partial charge in [0.05, 0.1) is 11.4 Å². The van der Waals surface area contributed by atoms with Gasteiger partial charge in [-0.15, -0.1) is 0 Å². The molecule has 1 saturated heterocycles. The van der Waals surface area contributed by atoms with Crippen molar-refractivity contribution in [2.24, 2.45) is 4.99 Å². The van der Waals surface area contributed by atoms with Gasteiger partial charge in [-0.3, -0.25) is 14.5 Å². The Bertz CT molecular complexity index is 1010. The molecule has 1 heterocycles. The lowest BCUT2D eigenvalue weighted by Gasteiger charge is -2.15. The summed E-state index contributed by atoms with van der Waals surface area (Å²) in [5, 5.41) is 2.34. The second kappa shape index (κ2) is 7.94. The molecule has 1 atom stereocenters. The van der Waals surface area contributed by atoms with E-state index in [9.17, 15) is 18.4 Å². The van der Waals surface area contributed by atoms with E-state index in [2.05, 4.69) is 10.3 Å². The summed E-state index contributed by atoms with van der Waals surface area (Å²) in [5.74, 6) is -1.53. The Kier molecular flexibility index (Phi) is 5.36. The van der Waals surface area contributed by atoms with Gasteiger partial charge in [-0.05, 0) is 49.6 Å². The lowest BCUT2D eigenvalue weighted by Crippen LogP contribution is -2.35. The quantitative estimate of drug-likeness (QED) is 0.788. The molecule has 2 amide bonds. The number of carbonyl (C=O) groups is 2. The average molecular weight is 415 g/mol. The highest BCUT2D eigenvalue weighted by Crippen LogP contribution is 2.39. The predicted octanol–water partition coefficient (Wildman–Crippen LogP) is 4.40. The first kappa shape index (κ1) is 19.6. The first-order valence-electron chi connectivity index (χ1n) is 9.31. The number of rotatable bonds is 5. The SMILES string of the molecule is Cc1ccc(N=C2S[C@H](CC(=O)Nc3ccccc3F)C(=O)N2C2CC2)cc1F. The molecule has 0 spiro atoms. The van der Waals surface area contributed by atoms with Crippen LogP contribution in [-0.4, -0.2) is 33.2 Å². The maximum atomic E-state index is 13.8. The summed E-state index contributed by atoms with van der Waals surface area (Å²) in [6, 6.07) is 10.6. The fraction of sp³-hybridized carbons (Fsp3) is 0.286. The fourth-order valence-corrected chi connectivity index (χ4v) is 4.27. The smallest absolute Gasteiger partial charge is 0.242 e. The van der Waals surface area contributed by atoms with Crippen molar-refractivity contribution < 1.29 is 18.4 Å². The van der Waals surface area contributed by atoms with Crippen molar-refractivity contribution in [2.45, 2.75) is 37.5 Å². The molecular weight excluding hydrogens is 396 g/mol. The molecule has 1 aliphatic heterocycles. The van der Waals surface area contributed by atoms with Crippen molar-refractivity contribution in [3.63, 3.8) is 0 Å². The Morgan fingerprint density at radius 2 is 1.97 bits per heavy atom. The number of amides is 2. The van der Waals surface area contributed by atoms with Crippen molar-refractivity contribution in [1.82, 2.24) is 4.90 Å². The lowest BCUT2D eigenvalue weighted by molar-refractivity contribution is -0.128. The van der Waals surface area contributed by atoms with E-state index in [1.807, 2.05) is 0 Å². The van der Waals surface area contributed by atoms with E-state index in [4.69, 9.17) is 0 Å². The molecule has 4 rings (SSSR count). The molecule has 29 heavy (non-hydrogen) atoms. The van der Waals surface area contributed by atoms with E-state index in [1.165, 1.54) is 36.0 Å². The van der Waals surface area contributed by atoms with E-state index >= 15 is 0 Å². The zero-order valence-corrected chi connectivity index (χ0v) is 16.5. The third-order valence-electron chi connectivity index (χ3n) is 4.78. The van der Waals surface area contributed by atoms with Crippen LogP contribution in [0.2, 0.25) is 0 Å². The molecule has 0 aromatic heterocycles. The van der Waals surface area contributed by atoms with Gasteiger partial charge in [0.25, 0.3) is 0 Å². The van der Waals surface area contributed by atoms with Crippen LogP contribution in [-0.2, 0) is 9.59 Å². The number of aryl methyl sites for hydroxylation is 1. The number of halogens is 2. The Morgan fingerprint density at radius 1 is 1.21 bits per heavy atom. The molecule has 1 N–H and O–H groups in total. The molecule has 150 valence electrons. The third-order valence-corrected chi connectivity index (χ3v) is 5.93. The number of amidine groups is 1. The van der Waals surface area contributed by atoms with Gasteiger partial charge in [0.2, 0.25) is 11.8 Å². The molecule has 0 radical (unpaired) electrons. The number of nitrogens with zero attached hydrogens (tertiary/aromatic N) is 2. The number of hydrogen-bond donors (Lipinski definition) is 1. The number of hydrogen-bond acceptors (Lipinski definition) is 4. The maximum absolute atomic E-state index is 13.8. The molecule has 2 aromatic rings. The monoisotopic (exact) mass is 415 g/mol. The van der Waals surface area contributed by atoms with Gasteiger partial charge in [-0.2, -0.15) is 0 Å². The Hall–Kier alpha value is -2.74. The number of nitrogens with one attached hydrogen (secondary N) is 1. The molecular formula is C21H19F2N3O2S. The number of carbonyl (C=O) groups excluding carboxylic acids is 2. The highest BCUT2D eigenvalue weighted by Gasteiger charge is 2.46. The van der Waals surface area contributed by atoms with Crippen LogP contribution in [0.25, 0.3) is 0 Å². The van der Waals surface area contributed by atoms with Gasteiger partial charge < -0.3 is 5.32 Å². The number of anilines is 1. The average Bonchev–Trinajstić information content (AvgIpc) is 3.46. The van der Waals surface area contributed by atoms with Crippen molar-refractivity contribution in [1.29, 1.82) is 0 Å². The number of aliphatic imine (C=N–C) groups is 1. The van der Waals surface area contributed by atoms with Gasteiger partial charge in [-0.1, -0.05) is 30.0 Å². The molecule has 1 saturated carbocycles. The molecule has 0 bridgehead atoms. The minimum absolute atomic E-state index is 0.0728. The van der Waals surface area contributed by atoms with Crippen molar-refractivity contribution >= 4 is 40.1 Å². The van der Waals surface area contributed by atoms with Crippen LogP contribution in [0.15, 0.2) is 47.5 Å². The molecule has 2 aromatic carbocycles. The summed E-state index contributed by atoms with van der Waals surface area (Å²) in [4.78, 5) is 31.3. The standard InChI is InChI=1S/C21H19F2N3O2S/c1-12-6-7-13(10-16(12)23)24-21-26(14-8-9-14)20(28)18(29-21)11-19(27)25-17-5-3-2-4-15(17)22/h2-7,10,14,18H,8-9,11H2,1H3,(H,25,27)/t18-/m1/s1. The summed E-state index contributed by atoms with van der Waals surface area (Å²) >= 11 is 1.19. The van der Waals surface area contributed by atoms with Gasteiger partial charge in [0, 0.05) is 12.5 Å². The van der Waals surface area contributed by atoms with Crippen molar-refractivity contribution in [3.05, 3.63) is 59.7 Å². The number of para-hydroxylation sites is 1. The van der Waals surface area contributed by atoms with Crippen LogP contribution in [0.1, 0.15) is 24.8 Å². The Balaban J connectivity index is 1.51. The minimum atomic E-state index is -0.642. The summed E-state index contributed by atoms with van der Waals surface area (Å²) in [6.07, 6.45) is 1.66. The third kappa shape index (κ3) is 4.32. The normalized spacial score (nSPS) is 20.4. The predicted molar refractivity (Wildman–Crippen MR) is 109 cm³/mol. The van der Waals surface area contributed by atoms with Gasteiger partial charge >= 0.3 is 0 Å². The minimum Gasteiger partial charge on any atom is -0.324 e. The molecule has 8 heteroatoms. The summed E-state index contributed by atoms with van der Waals surface area (Å²) < 4.78 is 27.6. The summed E-state index contributed by atoms with van der Waals surface area (Å²) in [5.41, 5.74) is 1.02. The first-order valence-corrected chi connectivity index (χ1v) is 10.2. The van der Waals surface area contributed by atoms with E-state index in [-0.39, 0.29) is 29.9 Å². The zero-order valence-electron chi connectivity index (χ0n) is 15.7. The number of benzene rings is 2. The van der Waals surface area contributed by atoms with E-state index < -0.39 is 17.0 Å². The van der Waals surface area contributed by atoms with E-state index in [0.29, 0.717) is 16.4 Å². The van der Waals surface area contributed by atoms with Crippen LogP contribution in [0.5, 0.6) is 0 Å². The van der Waals surface area contributed by atoms with E-state index in [0.717, 1.165) is 12.8 Å². The second-order valence-corrected chi connectivity index (χ2v) is 8.28. The Morgan fingerprint density at radius 3 is 2.66 bits per heavy atom. The van der Waals surface area contributed by atoms with Gasteiger partial charge in [-0.25, -0.2) is 13.8 Å². The van der Waals surface area contributed by atoms with Crippen LogP contribution in [0, 0.1) is 18.6 Å². The molecule has 2 fully saturated rings. The molecule has 2 aliphatic rings. The second-order valence-electron chi connectivity index (χ2n) is 7.11. The molecule has 1 aliphatic carbocycles. The zero-order chi connectivity index (χ0) is 20.5. The molecule has 0 unspecified atom stereocenters. The highest BCUT2D eigenvalue weighted by atomic mass is 32.2. The number of thioether (sulfide) groups is 1. The summed E-state index contributed by atoms with van der Waals surface area (Å²) in [6.45, 7) is 1.67. The van der Waals surface area contributed by atoms with Crippen LogP contribution in [0.3, 0.4) is 0 Å². The first-order chi connectivity index (χ1) is 13.9. The van der Waals surface area contributed by atoms with E-state index in [1.54, 1.807) is 30.0 Å². The van der Waals surface area contributed by atoms with Crippen molar-refractivity contribution in [2.75, 3.05) is 5.32 Å². The van der Waals surface area contributed by atoms with Crippen LogP contribution < -0.4 is 5.32 Å². The fourth-order valence-electron chi connectivity index (χ4n) is 3.06. The highest BCUT2D eigenvalue weighted by molar-refractivity contribution is 8.15. The van der Waals surface area contributed by atoms with Crippen LogP contribution in [0.4, 0.5) is 20.2 Å². The Labute approximate surface area is 171 Å². The largest absolute Gasteiger partial charge is 0.324 e. The van der Waals surface area contributed by atoms with Gasteiger partial charge in [0.1, 0.15) is 16.9 Å². The van der Waals surface area contributed by atoms with Crippen LogP contribution >= 0.6 is 11.8 Å². The van der Waals surface area contributed by atoms with Gasteiger partial charge in [0.15, 0.2) is 5.17 Å². The summed E-state index contributed by atoms with van der Waals surface area (Å²) in [7, 11) is 0. The topological polar surface area (TPSA) is 61.8 Å². The molecule has 5 nitrogen and oxygen atoms in total. The lowest BCUT2D eigenvalue weighted by atomic mass is 10.2. The van der Waals surface area contributed by atoms with Crippen molar-refractivity contribution in [3.8, 4) is 0 Å².